The van der Waals surface area contributed by atoms with Crippen LogP contribution in [0.15, 0.2) is 36.4 Å². The van der Waals surface area contributed by atoms with Crippen LogP contribution in [-0.4, -0.2) is 0 Å². The normalized spacial score (nSPS) is 10.6. The molecule has 0 saturated heterocycles. The fourth-order valence-corrected chi connectivity index (χ4v) is 2.92. The average Bonchev–Trinajstić information content (AvgIpc) is 2.79. The van der Waals surface area contributed by atoms with Crippen molar-refractivity contribution in [3.05, 3.63) is 41.3 Å². The van der Waals surface area contributed by atoms with Gasteiger partial charge < -0.3 is 5.73 Å². The highest BCUT2D eigenvalue weighted by Crippen LogP contribution is 2.29. The van der Waals surface area contributed by atoms with E-state index in [9.17, 15) is 0 Å². The number of thiophene rings is 1. The van der Waals surface area contributed by atoms with Crippen molar-refractivity contribution in [3.8, 4) is 10.4 Å². The van der Waals surface area contributed by atoms with Crippen molar-refractivity contribution in [1.29, 1.82) is 0 Å². The minimum absolute atomic E-state index is 0.827. The van der Waals surface area contributed by atoms with E-state index in [-0.39, 0.29) is 0 Å². The van der Waals surface area contributed by atoms with Crippen LogP contribution in [0.25, 0.3) is 10.4 Å². The smallest absolute Gasteiger partial charge is 0.0345 e. The van der Waals surface area contributed by atoms with Gasteiger partial charge in [0.25, 0.3) is 0 Å². The molecule has 0 atom stereocenters. The third-order valence-corrected chi connectivity index (χ3v) is 4.08. The Hall–Kier alpha value is -1.28. The molecule has 1 aromatic carbocycles. The summed E-state index contributed by atoms with van der Waals surface area (Å²) in [5.41, 5.74) is 7.79. The monoisotopic (exact) mass is 245 g/mol. The van der Waals surface area contributed by atoms with Crippen molar-refractivity contribution < 1.29 is 0 Å². The van der Waals surface area contributed by atoms with Crippen LogP contribution in [0.5, 0.6) is 0 Å². The molecular weight excluding hydrogens is 226 g/mol. The van der Waals surface area contributed by atoms with Gasteiger partial charge in [0.15, 0.2) is 0 Å². The number of rotatable bonds is 5. The lowest BCUT2D eigenvalue weighted by atomic mass is 10.1. The van der Waals surface area contributed by atoms with E-state index in [0.717, 1.165) is 5.69 Å². The van der Waals surface area contributed by atoms with E-state index in [4.69, 9.17) is 5.73 Å². The van der Waals surface area contributed by atoms with Gasteiger partial charge in [-0.05, 0) is 42.7 Å². The minimum Gasteiger partial charge on any atom is -0.399 e. The molecule has 0 amide bonds. The fraction of sp³-hybridized carbons (Fsp3) is 0.333. The molecule has 0 bridgehead atoms. The summed E-state index contributed by atoms with van der Waals surface area (Å²) in [6.45, 7) is 2.24. The van der Waals surface area contributed by atoms with E-state index in [1.165, 1.54) is 41.0 Å². The predicted octanol–water partition coefficient (Wildman–Crippen LogP) is 4.73. The fourth-order valence-electron chi connectivity index (χ4n) is 1.86. The highest BCUT2D eigenvalue weighted by atomic mass is 32.1. The van der Waals surface area contributed by atoms with Crippen LogP contribution >= 0.6 is 11.3 Å². The van der Waals surface area contributed by atoms with E-state index in [2.05, 4.69) is 31.2 Å². The van der Waals surface area contributed by atoms with Gasteiger partial charge in [0.05, 0.1) is 0 Å². The van der Waals surface area contributed by atoms with Crippen LogP contribution in [0.2, 0.25) is 0 Å². The largest absolute Gasteiger partial charge is 0.399 e. The van der Waals surface area contributed by atoms with Crippen LogP contribution in [0.4, 0.5) is 5.69 Å². The van der Waals surface area contributed by atoms with Gasteiger partial charge in [-0.2, -0.15) is 0 Å². The van der Waals surface area contributed by atoms with Gasteiger partial charge in [-0.1, -0.05) is 31.9 Å². The molecule has 90 valence electrons. The van der Waals surface area contributed by atoms with E-state index in [1.807, 2.05) is 23.5 Å². The van der Waals surface area contributed by atoms with E-state index in [0.29, 0.717) is 0 Å². The number of nitrogen functional groups attached to an aromatic ring is 1. The van der Waals surface area contributed by atoms with E-state index in [1.54, 1.807) is 0 Å². The molecule has 0 radical (unpaired) electrons. The van der Waals surface area contributed by atoms with Crippen molar-refractivity contribution >= 4 is 17.0 Å². The molecule has 0 unspecified atom stereocenters. The zero-order chi connectivity index (χ0) is 12.1. The lowest BCUT2D eigenvalue weighted by Gasteiger charge is -1.98. The summed E-state index contributed by atoms with van der Waals surface area (Å²) in [7, 11) is 0. The Balaban J connectivity index is 2.04. The number of benzene rings is 1. The molecule has 0 aliphatic heterocycles. The highest BCUT2D eigenvalue weighted by Gasteiger charge is 2.02. The molecule has 17 heavy (non-hydrogen) atoms. The van der Waals surface area contributed by atoms with Crippen molar-refractivity contribution in [2.24, 2.45) is 0 Å². The predicted molar refractivity (Wildman–Crippen MR) is 77.4 cm³/mol. The lowest BCUT2D eigenvalue weighted by Crippen LogP contribution is -1.82. The molecular formula is C15H19NS. The summed E-state index contributed by atoms with van der Waals surface area (Å²) in [6, 6.07) is 12.6. The second-order valence-electron chi connectivity index (χ2n) is 4.35. The zero-order valence-electron chi connectivity index (χ0n) is 10.3. The van der Waals surface area contributed by atoms with Gasteiger partial charge in [0.2, 0.25) is 0 Å². The quantitative estimate of drug-likeness (QED) is 0.598. The lowest BCUT2D eigenvalue weighted by molar-refractivity contribution is 0.722. The molecule has 2 aromatic rings. The Morgan fingerprint density at radius 2 is 1.76 bits per heavy atom. The first-order valence-corrected chi connectivity index (χ1v) is 7.06. The second-order valence-corrected chi connectivity index (χ2v) is 5.51. The number of aryl methyl sites for hydroxylation is 1. The summed E-state index contributed by atoms with van der Waals surface area (Å²) in [5.74, 6) is 0. The topological polar surface area (TPSA) is 26.0 Å². The number of nitrogens with two attached hydrogens (primary N) is 1. The van der Waals surface area contributed by atoms with Gasteiger partial charge in [-0.25, -0.2) is 0 Å². The standard InChI is InChI=1S/C15H19NS/c1-2-3-4-5-14-10-11-15(17-14)12-6-8-13(16)9-7-12/h6-11H,2-5,16H2,1H3. The molecule has 2 N–H and O–H groups in total. The Morgan fingerprint density at radius 1 is 1.00 bits per heavy atom. The van der Waals surface area contributed by atoms with Crippen molar-refractivity contribution in [3.63, 3.8) is 0 Å². The van der Waals surface area contributed by atoms with Crippen molar-refractivity contribution in [2.75, 3.05) is 5.73 Å². The molecule has 1 nitrogen and oxygen atoms in total. The summed E-state index contributed by atoms with van der Waals surface area (Å²) >= 11 is 1.90. The molecule has 2 heteroatoms. The van der Waals surface area contributed by atoms with Crippen molar-refractivity contribution in [2.45, 2.75) is 32.6 Å². The number of unbranched alkanes of at least 4 members (excludes halogenated alkanes) is 2. The van der Waals surface area contributed by atoms with Crippen LogP contribution in [0.3, 0.4) is 0 Å². The van der Waals surface area contributed by atoms with E-state index < -0.39 is 0 Å². The first-order chi connectivity index (χ1) is 8.29. The second kappa shape index (κ2) is 5.87. The van der Waals surface area contributed by atoms with Crippen LogP contribution in [0, 0.1) is 0 Å². The maximum atomic E-state index is 5.69. The Bertz CT molecular complexity index is 456. The Kier molecular flexibility index (Phi) is 4.21. The summed E-state index contributed by atoms with van der Waals surface area (Å²) in [6.07, 6.45) is 5.14. The SMILES string of the molecule is CCCCCc1ccc(-c2ccc(N)cc2)s1. The molecule has 0 fully saturated rings. The molecule has 1 heterocycles. The average molecular weight is 245 g/mol. The summed E-state index contributed by atoms with van der Waals surface area (Å²) in [4.78, 5) is 2.83. The zero-order valence-corrected chi connectivity index (χ0v) is 11.1. The van der Waals surface area contributed by atoms with Gasteiger partial charge in [-0.3, -0.25) is 0 Å². The highest BCUT2D eigenvalue weighted by molar-refractivity contribution is 7.15. The molecule has 0 saturated carbocycles. The summed E-state index contributed by atoms with van der Waals surface area (Å²) < 4.78 is 0. The Labute approximate surface area is 107 Å². The van der Waals surface area contributed by atoms with Crippen LogP contribution in [-0.2, 0) is 6.42 Å². The number of hydrogen-bond acceptors (Lipinski definition) is 2. The molecule has 0 spiro atoms. The Morgan fingerprint density at radius 3 is 2.47 bits per heavy atom. The van der Waals surface area contributed by atoms with Crippen LogP contribution in [0.1, 0.15) is 31.1 Å². The van der Waals surface area contributed by atoms with Gasteiger partial charge in [0, 0.05) is 15.4 Å². The molecule has 0 aliphatic rings. The molecule has 0 aliphatic carbocycles. The van der Waals surface area contributed by atoms with Crippen molar-refractivity contribution in [1.82, 2.24) is 0 Å². The number of anilines is 1. The van der Waals surface area contributed by atoms with Crippen LogP contribution < -0.4 is 5.73 Å². The first kappa shape index (κ1) is 12.2. The molecule has 2 rings (SSSR count). The maximum absolute atomic E-state index is 5.69. The minimum atomic E-state index is 0.827. The number of hydrogen-bond donors (Lipinski definition) is 1. The molecule has 1 aromatic heterocycles. The maximum Gasteiger partial charge on any atom is 0.0345 e. The third kappa shape index (κ3) is 3.34. The van der Waals surface area contributed by atoms with Gasteiger partial charge in [0.1, 0.15) is 0 Å². The third-order valence-electron chi connectivity index (χ3n) is 2.88. The van der Waals surface area contributed by atoms with Gasteiger partial charge >= 0.3 is 0 Å². The summed E-state index contributed by atoms with van der Waals surface area (Å²) in [5, 5.41) is 0. The van der Waals surface area contributed by atoms with E-state index >= 15 is 0 Å². The first-order valence-electron chi connectivity index (χ1n) is 6.24. The van der Waals surface area contributed by atoms with Gasteiger partial charge in [-0.15, -0.1) is 11.3 Å².